The molecule has 0 spiro atoms. The van der Waals surface area contributed by atoms with Crippen molar-refractivity contribution in [2.45, 2.75) is 11.3 Å². The first-order valence-electron chi connectivity index (χ1n) is 6.47. The van der Waals surface area contributed by atoms with Gasteiger partial charge in [0.1, 0.15) is 0 Å². The predicted molar refractivity (Wildman–Crippen MR) is 80.6 cm³/mol. The lowest BCUT2D eigenvalue weighted by Crippen LogP contribution is -1.88. The largest absolute Gasteiger partial charge is 0.421 e. The van der Waals surface area contributed by atoms with Crippen LogP contribution < -0.4 is 0 Å². The number of aromatic nitrogens is 2. The number of thioether (sulfide) groups is 1. The van der Waals surface area contributed by atoms with Gasteiger partial charge in [0.25, 0.3) is 0 Å². The zero-order chi connectivity index (χ0) is 13.6. The average Bonchev–Trinajstić information content (AvgIpc) is 2.98. The van der Waals surface area contributed by atoms with E-state index in [0.717, 1.165) is 17.7 Å². The highest BCUT2D eigenvalue weighted by Crippen LogP contribution is 2.20. The average molecular weight is 282 g/mol. The van der Waals surface area contributed by atoms with Crippen molar-refractivity contribution in [1.82, 2.24) is 10.2 Å². The molecule has 0 amide bonds. The van der Waals surface area contributed by atoms with Gasteiger partial charge in [-0.1, -0.05) is 36.4 Å². The molecule has 0 saturated heterocycles. The summed E-state index contributed by atoms with van der Waals surface area (Å²) in [5.41, 5.74) is 0.960. The fraction of sp³-hybridized carbons (Fsp3) is 0.125. The van der Waals surface area contributed by atoms with Gasteiger partial charge in [0.2, 0.25) is 11.8 Å². The molecular formula is C16H14N2OS. The summed E-state index contributed by atoms with van der Waals surface area (Å²) in [6.45, 7) is 0. The maximum Gasteiger partial charge on any atom is 0.247 e. The SMILES string of the molecule is c1ccc(SCCc2nnc(-c3ccccc3)o2)cc1. The highest BCUT2D eigenvalue weighted by molar-refractivity contribution is 7.99. The van der Waals surface area contributed by atoms with Crippen molar-refractivity contribution in [2.24, 2.45) is 0 Å². The summed E-state index contributed by atoms with van der Waals surface area (Å²) < 4.78 is 5.67. The summed E-state index contributed by atoms with van der Waals surface area (Å²) >= 11 is 1.79. The summed E-state index contributed by atoms with van der Waals surface area (Å²) in [6, 6.07) is 20.2. The van der Waals surface area contributed by atoms with Crippen LogP contribution in [-0.4, -0.2) is 16.0 Å². The van der Waals surface area contributed by atoms with Crippen LogP contribution in [0, 0.1) is 0 Å². The lowest BCUT2D eigenvalue weighted by atomic mass is 10.2. The van der Waals surface area contributed by atoms with Crippen LogP contribution in [0.5, 0.6) is 0 Å². The van der Waals surface area contributed by atoms with Crippen molar-refractivity contribution in [3.05, 3.63) is 66.6 Å². The van der Waals surface area contributed by atoms with E-state index < -0.39 is 0 Å². The molecule has 2 aromatic carbocycles. The first-order chi connectivity index (χ1) is 9.92. The molecule has 0 fully saturated rings. The van der Waals surface area contributed by atoms with Crippen LogP contribution in [0.15, 0.2) is 70.0 Å². The predicted octanol–water partition coefficient (Wildman–Crippen LogP) is 4.07. The smallest absolute Gasteiger partial charge is 0.247 e. The molecule has 0 bridgehead atoms. The molecule has 20 heavy (non-hydrogen) atoms. The Bertz CT molecular complexity index is 653. The van der Waals surface area contributed by atoms with Crippen LogP contribution in [0.2, 0.25) is 0 Å². The third-order valence-corrected chi connectivity index (χ3v) is 3.83. The van der Waals surface area contributed by atoms with Gasteiger partial charge in [-0.15, -0.1) is 22.0 Å². The molecular weight excluding hydrogens is 268 g/mol. The van der Waals surface area contributed by atoms with Crippen LogP contribution in [0.3, 0.4) is 0 Å². The van der Waals surface area contributed by atoms with E-state index in [-0.39, 0.29) is 0 Å². The molecule has 0 radical (unpaired) electrons. The fourth-order valence-electron chi connectivity index (χ4n) is 1.82. The highest BCUT2D eigenvalue weighted by atomic mass is 32.2. The summed E-state index contributed by atoms with van der Waals surface area (Å²) in [7, 11) is 0. The number of benzene rings is 2. The molecule has 4 heteroatoms. The normalized spacial score (nSPS) is 10.6. The Balaban J connectivity index is 1.58. The molecule has 3 rings (SSSR count). The van der Waals surface area contributed by atoms with E-state index in [1.54, 1.807) is 11.8 Å². The van der Waals surface area contributed by atoms with Gasteiger partial charge in [0, 0.05) is 22.6 Å². The Labute approximate surface area is 122 Å². The molecule has 3 nitrogen and oxygen atoms in total. The monoisotopic (exact) mass is 282 g/mol. The minimum Gasteiger partial charge on any atom is -0.421 e. The zero-order valence-electron chi connectivity index (χ0n) is 10.9. The molecule has 0 saturated carbocycles. The highest BCUT2D eigenvalue weighted by Gasteiger charge is 2.07. The van der Waals surface area contributed by atoms with Crippen molar-refractivity contribution in [3.63, 3.8) is 0 Å². The second kappa shape index (κ2) is 6.39. The lowest BCUT2D eigenvalue weighted by Gasteiger charge is -1.98. The Morgan fingerprint density at radius 3 is 2.30 bits per heavy atom. The molecule has 1 heterocycles. The summed E-state index contributed by atoms with van der Waals surface area (Å²) in [4.78, 5) is 1.26. The van der Waals surface area contributed by atoms with Crippen molar-refractivity contribution >= 4 is 11.8 Å². The standard InChI is InChI=1S/C16H14N2OS/c1-3-7-13(8-4-1)16-18-17-15(19-16)11-12-20-14-9-5-2-6-10-14/h1-10H,11-12H2. The van der Waals surface area contributed by atoms with Gasteiger partial charge in [0.05, 0.1) is 0 Å². The number of aryl methyl sites for hydroxylation is 1. The van der Waals surface area contributed by atoms with E-state index in [1.165, 1.54) is 4.90 Å². The molecule has 100 valence electrons. The van der Waals surface area contributed by atoms with Gasteiger partial charge in [-0.25, -0.2) is 0 Å². The second-order valence-corrected chi connectivity index (χ2v) is 5.45. The molecule has 0 N–H and O–H groups in total. The van der Waals surface area contributed by atoms with Crippen molar-refractivity contribution in [1.29, 1.82) is 0 Å². The van der Waals surface area contributed by atoms with E-state index in [4.69, 9.17) is 4.42 Å². The van der Waals surface area contributed by atoms with Crippen LogP contribution in [0.25, 0.3) is 11.5 Å². The Hall–Kier alpha value is -2.07. The maximum absolute atomic E-state index is 5.67. The van der Waals surface area contributed by atoms with Crippen molar-refractivity contribution < 1.29 is 4.42 Å². The quantitative estimate of drug-likeness (QED) is 0.661. The Kier molecular flexibility index (Phi) is 4.13. The summed E-state index contributed by atoms with van der Waals surface area (Å²) in [5.74, 6) is 2.21. The van der Waals surface area contributed by atoms with Gasteiger partial charge in [-0.3, -0.25) is 0 Å². The Morgan fingerprint density at radius 2 is 1.55 bits per heavy atom. The minimum absolute atomic E-state index is 0.588. The van der Waals surface area contributed by atoms with E-state index >= 15 is 0 Å². The van der Waals surface area contributed by atoms with Crippen LogP contribution in [0.4, 0.5) is 0 Å². The molecule has 0 atom stereocenters. The zero-order valence-corrected chi connectivity index (χ0v) is 11.7. The van der Waals surface area contributed by atoms with Crippen LogP contribution >= 0.6 is 11.8 Å². The number of hydrogen-bond acceptors (Lipinski definition) is 4. The molecule has 0 aliphatic carbocycles. The maximum atomic E-state index is 5.67. The summed E-state index contributed by atoms with van der Waals surface area (Å²) in [6.07, 6.45) is 0.777. The minimum atomic E-state index is 0.588. The van der Waals surface area contributed by atoms with E-state index in [2.05, 4.69) is 22.3 Å². The molecule has 0 unspecified atom stereocenters. The molecule has 3 aromatic rings. The molecule has 0 aliphatic heterocycles. The Morgan fingerprint density at radius 1 is 0.850 bits per heavy atom. The second-order valence-electron chi connectivity index (χ2n) is 4.28. The first-order valence-corrected chi connectivity index (χ1v) is 7.46. The number of nitrogens with zero attached hydrogens (tertiary/aromatic N) is 2. The van der Waals surface area contributed by atoms with Gasteiger partial charge >= 0.3 is 0 Å². The van der Waals surface area contributed by atoms with Crippen molar-refractivity contribution in [3.8, 4) is 11.5 Å². The van der Waals surface area contributed by atoms with Crippen LogP contribution in [-0.2, 0) is 6.42 Å². The fourth-order valence-corrected chi connectivity index (χ4v) is 2.69. The van der Waals surface area contributed by atoms with E-state index in [1.807, 2.05) is 48.5 Å². The van der Waals surface area contributed by atoms with Crippen molar-refractivity contribution in [2.75, 3.05) is 5.75 Å². The third-order valence-electron chi connectivity index (χ3n) is 2.82. The lowest BCUT2D eigenvalue weighted by molar-refractivity contribution is 0.514. The van der Waals surface area contributed by atoms with Gasteiger partial charge in [-0.2, -0.15) is 0 Å². The number of hydrogen-bond donors (Lipinski definition) is 0. The first kappa shape index (κ1) is 12.9. The molecule has 0 aliphatic rings. The third kappa shape index (κ3) is 3.27. The van der Waals surface area contributed by atoms with E-state index in [9.17, 15) is 0 Å². The van der Waals surface area contributed by atoms with E-state index in [0.29, 0.717) is 11.8 Å². The summed E-state index contributed by atoms with van der Waals surface area (Å²) in [5, 5.41) is 8.18. The number of rotatable bonds is 5. The topological polar surface area (TPSA) is 38.9 Å². The van der Waals surface area contributed by atoms with Gasteiger partial charge in [0.15, 0.2) is 0 Å². The van der Waals surface area contributed by atoms with Gasteiger partial charge in [-0.05, 0) is 24.3 Å². The molecule has 1 aromatic heterocycles. The van der Waals surface area contributed by atoms with Gasteiger partial charge < -0.3 is 4.42 Å². The van der Waals surface area contributed by atoms with Crippen LogP contribution in [0.1, 0.15) is 5.89 Å².